The minimum Gasteiger partial charge on any atom is -0.378 e. The Balaban J connectivity index is 2.14. The molecule has 0 aliphatic rings. The molecule has 0 saturated carbocycles. The quantitative estimate of drug-likeness (QED) is 0.316. The fraction of sp³-hybridized carbons (Fsp3) is 0.200. The van der Waals surface area contributed by atoms with E-state index in [-0.39, 0.29) is 0 Å². The summed E-state index contributed by atoms with van der Waals surface area (Å²) in [5.74, 6) is 0. The molecule has 0 radical (unpaired) electrons. The Morgan fingerprint density at radius 3 is 1.40 bits per heavy atom. The summed E-state index contributed by atoms with van der Waals surface area (Å²) in [5.41, 5.74) is 4.51. The van der Waals surface area contributed by atoms with Crippen LogP contribution in [0, 0.1) is 0 Å². The summed E-state index contributed by atoms with van der Waals surface area (Å²) < 4.78 is 5.64. The van der Waals surface area contributed by atoms with Crippen LogP contribution in [0.25, 0.3) is 0 Å². The molecule has 4 aromatic rings. The molecule has 4 nitrogen and oxygen atoms in total. The van der Waals surface area contributed by atoms with Gasteiger partial charge in [-0.05, 0) is 48.5 Å². The zero-order valence-electron chi connectivity index (χ0n) is 21.6. The molecule has 0 heterocycles. The lowest BCUT2D eigenvalue weighted by Gasteiger charge is -2.29. The summed E-state index contributed by atoms with van der Waals surface area (Å²) in [4.78, 5) is 6.45. The van der Waals surface area contributed by atoms with E-state index in [0.29, 0.717) is 0 Å². The monoisotopic (exact) mass is 482 g/mol. The average Bonchev–Trinajstić information content (AvgIpc) is 2.88. The highest BCUT2D eigenvalue weighted by atomic mass is 31.2. The summed E-state index contributed by atoms with van der Waals surface area (Å²) >= 11 is 0. The third-order valence-corrected chi connectivity index (χ3v) is 9.83. The molecular formula is C30H35N4P. The van der Waals surface area contributed by atoms with Crippen molar-refractivity contribution in [2.75, 3.05) is 57.0 Å². The molecule has 0 aromatic heterocycles. The first-order valence-electron chi connectivity index (χ1n) is 11.8. The van der Waals surface area contributed by atoms with E-state index in [1.54, 1.807) is 0 Å². The van der Waals surface area contributed by atoms with Crippen LogP contribution >= 0.6 is 7.05 Å². The SMILES string of the molecule is CN(C)c1ccc(P(=Nc2ccccc2)(c2cccc(N(C)C)c2)c2cccc(N(C)C)c2)cc1. The van der Waals surface area contributed by atoms with Crippen molar-refractivity contribution in [3.8, 4) is 0 Å². The second-order valence-corrected chi connectivity index (χ2v) is 12.3. The summed E-state index contributed by atoms with van der Waals surface area (Å²) in [7, 11) is 10.1. The van der Waals surface area contributed by atoms with Crippen LogP contribution in [0.15, 0.2) is 108 Å². The van der Waals surface area contributed by atoms with Crippen molar-refractivity contribution < 1.29 is 0 Å². The van der Waals surface area contributed by atoms with E-state index in [0.717, 1.165) is 5.69 Å². The second-order valence-electron chi connectivity index (χ2n) is 9.31. The predicted octanol–water partition coefficient (Wildman–Crippen LogP) is 5.69. The van der Waals surface area contributed by atoms with Crippen LogP contribution < -0.4 is 30.6 Å². The van der Waals surface area contributed by atoms with Crippen LogP contribution in [0.3, 0.4) is 0 Å². The topological polar surface area (TPSA) is 22.1 Å². The molecule has 0 unspecified atom stereocenters. The van der Waals surface area contributed by atoms with Crippen molar-refractivity contribution in [1.82, 2.24) is 0 Å². The fourth-order valence-electron chi connectivity index (χ4n) is 4.20. The largest absolute Gasteiger partial charge is 0.378 e. The Labute approximate surface area is 210 Å². The number of hydrogen-bond acceptors (Lipinski definition) is 4. The van der Waals surface area contributed by atoms with Gasteiger partial charge in [0, 0.05) is 75.3 Å². The van der Waals surface area contributed by atoms with Crippen molar-refractivity contribution >= 4 is 45.7 Å². The number of rotatable bonds is 7. The van der Waals surface area contributed by atoms with Crippen molar-refractivity contribution in [3.63, 3.8) is 0 Å². The van der Waals surface area contributed by atoms with Gasteiger partial charge in [-0.25, -0.2) is 0 Å². The van der Waals surface area contributed by atoms with Gasteiger partial charge < -0.3 is 14.7 Å². The maximum absolute atomic E-state index is 5.64. The summed E-state index contributed by atoms with van der Waals surface area (Å²) in [6.07, 6.45) is 0. The highest BCUT2D eigenvalue weighted by molar-refractivity contribution is 7.87. The van der Waals surface area contributed by atoms with E-state index >= 15 is 0 Å². The summed E-state index contributed by atoms with van der Waals surface area (Å²) in [6, 6.07) is 37.1. The van der Waals surface area contributed by atoms with Gasteiger partial charge in [0.05, 0.1) is 12.7 Å². The highest BCUT2D eigenvalue weighted by Crippen LogP contribution is 2.50. The predicted molar refractivity (Wildman–Crippen MR) is 157 cm³/mol. The zero-order valence-corrected chi connectivity index (χ0v) is 22.4. The molecular weight excluding hydrogens is 447 g/mol. The van der Waals surface area contributed by atoms with E-state index in [1.807, 2.05) is 6.07 Å². The van der Waals surface area contributed by atoms with E-state index in [4.69, 9.17) is 4.74 Å². The van der Waals surface area contributed by atoms with Crippen molar-refractivity contribution in [2.24, 2.45) is 4.74 Å². The molecule has 0 aliphatic heterocycles. The van der Waals surface area contributed by atoms with Crippen LogP contribution in [-0.2, 0) is 0 Å². The minimum atomic E-state index is -2.41. The Morgan fingerprint density at radius 2 is 0.943 bits per heavy atom. The van der Waals surface area contributed by atoms with Crippen LogP contribution in [0.5, 0.6) is 0 Å². The van der Waals surface area contributed by atoms with Gasteiger partial charge in [-0.1, -0.05) is 54.6 Å². The lowest BCUT2D eigenvalue weighted by atomic mass is 10.3. The van der Waals surface area contributed by atoms with E-state index in [1.165, 1.54) is 33.0 Å². The van der Waals surface area contributed by atoms with Crippen LogP contribution in [0.1, 0.15) is 0 Å². The molecule has 4 aromatic carbocycles. The van der Waals surface area contributed by atoms with E-state index < -0.39 is 7.05 Å². The molecule has 0 saturated heterocycles. The van der Waals surface area contributed by atoms with Crippen molar-refractivity contribution in [3.05, 3.63) is 103 Å². The molecule has 180 valence electrons. The van der Waals surface area contributed by atoms with Gasteiger partial charge in [-0.15, -0.1) is 0 Å². The lowest BCUT2D eigenvalue weighted by molar-refractivity contribution is 1.13. The van der Waals surface area contributed by atoms with Crippen molar-refractivity contribution in [2.45, 2.75) is 0 Å². The first-order valence-corrected chi connectivity index (χ1v) is 13.6. The Hall–Kier alpha value is -3.49. The third kappa shape index (κ3) is 5.13. The summed E-state index contributed by atoms with van der Waals surface area (Å²) in [6.45, 7) is 0. The smallest absolute Gasteiger partial charge is 0.0625 e. The van der Waals surface area contributed by atoms with Gasteiger partial charge in [0.25, 0.3) is 0 Å². The van der Waals surface area contributed by atoms with E-state index in [2.05, 4.69) is 154 Å². The maximum Gasteiger partial charge on any atom is 0.0625 e. The molecule has 0 fully saturated rings. The first-order chi connectivity index (χ1) is 16.8. The van der Waals surface area contributed by atoms with Crippen molar-refractivity contribution in [1.29, 1.82) is 0 Å². The number of anilines is 3. The van der Waals surface area contributed by atoms with Gasteiger partial charge in [0.15, 0.2) is 0 Å². The van der Waals surface area contributed by atoms with Crippen LogP contribution in [-0.4, -0.2) is 42.3 Å². The molecule has 0 N–H and O–H groups in total. The molecule has 35 heavy (non-hydrogen) atoms. The maximum atomic E-state index is 5.64. The van der Waals surface area contributed by atoms with Gasteiger partial charge in [-0.2, -0.15) is 0 Å². The second kappa shape index (κ2) is 10.4. The molecule has 0 spiro atoms. The van der Waals surface area contributed by atoms with Gasteiger partial charge in [0.2, 0.25) is 0 Å². The Morgan fingerprint density at radius 1 is 0.457 bits per heavy atom. The standard InChI is InChI=1S/C30H35N4P/c1-32(2)25-18-20-28(21-19-25)35(31-24-12-8-7-9-13-24,29-16-10-14-26(22-29)33(3)4)30-17-11-15-27(23-30)34(5)6/h7-23H,1-6H3. The Kier molecular flexibility index (Phi) is 7.33. The van der Waals surface area contributed by atoms with Crippen LogP contribution in [0.2, 0.25) is 0 Å². The normalized spacial score (nSPS) is 11.1. The van der Waals surface area contributed by atoms with Gasteiger partial charge in [-0.3, -0.25) is 4.74 Å². The third-order valence-electron chi connectivity index (χ3n) is 6.20. The van der Waals surface area contributed by atoms with Crippen LogP contribution in [0.4, 0.5) is 22.7 Å². The Bertz CT molecular complexity index is 1270. The first kappa shape index (κ1) is 24.6. The minimum absolute atomic E-state index is 0.989. The average molecular weight is 483 g/mol. The van der Waals surface area contributed by atoms with Gasteiger partial charge in [0.1, 0.15) is 0 Å². The molecule has 0 aliphatic carbocycles. The molecule has 0 amide bonds. The number of benzene rings is 4. The number of hydrogen-bond donors (Lipinski definition) is 0. The number of nitrogens with zero attached hydrogens (tertiary/aromatic N) is 4. The molecule has 5 heteroatoms. The zero-order chi connectivity index (χ0) is 25.0. The lowest BCUT2D eigenvalue weighted by Crippen LogP contribution is -2.27. The summed E-state index contributed by atoms with van der Waals surface area (Å²) in [5, 5.41) is 3.71. The fourth-order valence-corrected chi connectivity index (χ4v) is 7.74. The highest BCUT2D eigenvalue weighted by Gasteiger charge is 2.29. The van der Waals surface area contributed by atoms with Gasteiger partial charge >= 0.3 is 0 Å². The molecule has 4 rings (SSSR count). The van der Waals surface area contributed by atoms with E-state index in [9.17, 15) is 0 Å². The molecule has 0 bridgehead atoms. The molecule has 0 atom stereocenters.